The summed E-state index contributed by atoms with van der Waals surface area (Å²) in [5.74, 6) is -0.957. The van der Waals surface area contributed by atoms with Gasteiger partial charge in [-0.1, -0.05) is 6.92 Å². The first kappa shape index (κ1) is 16.7. The minimum absolute atomic E-state index is 0.0413. The van der Waals surface area contributed by atoms with E-state index in [4.69, 9.17) is 9.84 Å². The monoisotopic (exact) mass is 311 g/mol. The van der Waals surface area contributed by atoms with Gasteiger partial charge in [0.1, 0.15) is 6.04 Å². The predicted octanol–water partition coefficient (Wildman–Crippen LogP) is 0.979. The van der Waals surface area contributed by atoms with Gasteiger partial charge in [0.05, 0.1) is 23.8 Å². The first-order chi connectivity index (χ1) is 8.79. The van der Waals surface area contributed by atoms with Crippen molar-refractivity contribution in [3.05, 3.63) is 0 Å². The van der Waals surface area contributed by atoms with Crippen molar-refractivity contribution in [3.63, 3.8) is 0 Å². The minimum atomic E-state index is -3.60. The van der Waals surface area contributed by atoms with Crippen molar-refractivity contribution in [1.29, 1.82) is 0 Å². The zero-order valence-corrected chi connectivity index (χ0v) is 13.0. The van der Waals surface area contributed by atoms with Gasteiger partial charge >= 0.3 is 5.97 Å². The molecule has 0 aromatic carbocycles. The maximum absolute atomic E-state index is 12.3. The number of rotatable bonds is 7. The average Bonchev–Trinajstić information content (AvgIpc) is 2.72. The molecular weight excluding hydrogens is 290 g/mol. The Kier molecular flexibility index (Phi) is 6.10. The molecule has 19 heavy (non-hydrogen) atoms. The Morgan fingerprint density at radius 1 is 1.53 bits per heavy atom. The molecule has 0 amide bonds. The minimum Gasteiger partial charge on any atom is -0.480 e. The molecule has 1 saturated heterocycles. The van der Waals surface area contributed by atoms with Crippen molar-refractivity contribution in [2.75, 3.05) is 18.1 Å². The molecule has 0 aromatic rings. The fraction of sp³-hybridized carbons (Fsp3) is 0.909. The lowest BCUT2D eigenvalue weighted by Gasteiger charge is -2.25. The van der Waals surface area contributed by atoms with Gasteiger partial charge in [-0.3, -0.25) is 4.79 Å². The molecule has 1 aliphatic heterocycles. The Morgan fingerprint density at radius 3 is 2.63 bits per heavy atom. The highest BCUT2D eigenvalue weighted by Gasteiger charge is 2.44. The zero-order valence-electron chi connectivity index (χ0n) is 11.4. The van der Waals surface area contributed by atoms with Gasteiger partial charge in [-0.05, 0) is 20.3 Å². The van der Waals surface area contributed by atoms with Gasteiger partial charge in [-0.25, -0.2) is 8.42 Å². The van der Waals surface area contributed by atoms with Crippen LogP contribution < -0.4 is 0 Å². The first-order valence-electron chi connectivity index (χ1n) is 6.26. The number of thioether (sulfide) groups is 1. The number of carboxylic acids is 1. The highest BCUT2D eigenvalue weighted by Crippen LogP contribution is 2.33. The quantitative estimate of drug-likeness (QED) is 0.754. The molecule has 0 aliphatic carbocycles. The van der Waals surface area contributed by atoms with E-state index in [0.29, 0.717) is 12.2 Å². The number of nitrogens with zero attached hydrogens (tertiary/aromatic N) is 1. The molecule has 0 saturated carbocycles. The molecule has 0 aromatic heterocycles. The van der Waals surface area contributed by atoms with Crippen LogP contribution in [-0.2, 0) is 19.6 Å². The third-order valence-electron chi connectivity index (χ3n) is 2.79. The largest absolute Gasteiger partial charge is 0.480 e. The second-order valence-corrected chi connectivity index (χ2v) is 7.82. The molecule has 6 nitrogen and oxygen atoms in total. The van der Waals surface area contributed by atoms with E-state index in [1.54, 1.807) is 0 Å². The lowest BCUT2D eigenvalue weighted by atomic mass is 10.3. The van der Waals surface area contributed by atoms with E-state index in [9.17, 15) is 13.2 Å². The van der Waals surface area contributed by atoms with E-state index in [-0.39, 0.29) is 23.8 Å². The van der Waals surface area contributed by atoms with E-state index in [0.717, 1.165) is 4.31 Å². The van der Waals surface area contributed by atoms with E-state index < -0.39 is 22.0 Å². The molecule has 1 fully saturated rings. The van der Waals surface area contributed by atoms with Crippen molar-refractivity contribution in [3.8, 4) is 0 Å². The average molecular weight is 311 g/mol. The molecule has 1 heterocycles. The van der Waals surface area contributed by atoms with Crippen molar-refractivity contribution in [1.82, 2.24) is 4.31 Å². The maximum Gasteiger partial charge on any atom is 0.322 e. The van der Waals surface area contributed by atoms with Crippen LogP contribution >= 0.6 is 11.8 Å². The van der Waals surface area contributed by atoms with Crippen LogP contribution in [0.15, 0.2) is 0 Å². The van der Waals surface area contributed by atoms with Gasteiger partial charge < -0.3 is 9.84 Å². The van der Waals surface area contributed by atoms with E-state index in [2.05, 4.69) is 0 Å². The van der Waals surface area contributed by atoms with Gasteiger partial charge in [0.15, 0.2) is 0 Å². The van der Waals surface area contributed by atoms with Crippen LogP contribution in [0.4, 0.5) is 0 Å². The Labute approximate surface area is 118 Å². The molecular formula is C11H21NO5S2. The number of carbonyl (C=O) groups is 1. The SMILES string of the molecule is CCC1SCC(C(=O)O)N1S(=O)(=O)CCOC(C)C. The van der Waals surface area contributed by atoms with Crippen LogP contribution in [0.25, 0.3) is 0 Å². The number of carboxylic acid groups (broad SMARTS) is 1. The summed E-state index contributed by atoms with van der Waals surface area (Å²) in [4.78, 5) is 11.2. The number of hydrogen-bond acceptors (Lipinski definition) is 5. The fourth-order valence-electron chi connectivity index (χ4n) is 1.90. The first-order valence-corrected chi connectivity index (χ1v) is 8.92. The molecule has 0 bridgehead atoms. The number of sulfonamides is 1. The Morgan fingerprint density at radius 2 is 2.16 bits per heavy atom. The van der Waals surface area contributed by atoms with Crippen molar-refractivity contribution < 1.29 is 23.1 Å². The summed E-state index contributed by atoms with van der Waals surface area (Å²) in [7, 11) is -3.60. The normalized spacial score (nSPS) is 25.1. The Balaban J connectivity index is 2.79. The molecule has 2 unspecified atom stereocenters. The van der Waals surface area contributed by atoms with Crippen LogP contribution in [0.5, 0.6) is 0 Å². The van der Waals surface area contributed by atoms with Crippen molar-refractivity contribution in [2.24, 2.45) is 0 Å². The smallest absolute Gasteiger partial charge is 0.322 e. The van der Waals surface area contributed by atoms with Crippen LogP contribution in [0.1, 0.15) is 27.2 Å². The summed E-state index contributed by atoms with van der Waals surface area (Å²) in [5.41, 5.74) is 0. The number of hydrogen-bond donors (Lipinski definition) is 1. The Hall–Kier alpha value is -0.310. The van der Waals surface area contributed by atoms with Crippen LogP contribution in [-0.4, -0.2) is 59.4 Å². The zero-order chi connectivity index (χ0) is 14.6. The summed E-state index contributed by atoms with van der Waals surface area (Å²) >= 11 is 1.38. The molecule has 1 N–H and O–H groups in total. The molecule has 1 rings (SSSR count). The third kappa shape index (κ3) is 4.34. The Bertz CT molecular complexity index is 409. The second kappa shape index (κ2) is 6.92. The van der Waals surface area contributed by atoms with Crippen LogP contribution in [0.2, 0.25) is 0 Å². The van der Waals surface area contributed by atoms with Gasteiger partial charge in [0, 0.05) is 5.75 Å². The van der Waals surface area contributed by atoms with E-state index in [1.165, 1.54) is 11.8 Å². The summed E-state index contributed by atoms with van der Waals surface area (Å²) < 4.78 is 30.9. The van der Waals surface area contributed by atoms with Crippen molar-refractivity contribution in [2.45, 2.75) is 44.7 Å². The summed E-state index contributed by atoms with van der Waals surface area (Å²) in [5, 5.41) is 8.84. The van der Waals surface area contributed by atoms with Crippen LogP contribution in [0, 0.1) is 0 Å². The number of ether oxygens (including phenoxy) is 1. The number of aliphatic carboxylic acids is 1. The molecule has 1 aliphatic rings. The van der Waals surface area contributed by atoms with Gasteiger partial charge in [0.2, 0.25) is 10.0 Å². The van der Waals surface area contributed by atoms with E-state index >= 15 is 0 Å². The van der Waals surface area contributed by atoms with Crippen molar-refractivity contribution >= 4 is 27.8 Å². The molecule has 0 radical (unpaired) electrons. The fourth-order valence-corrected chi connectivity index (χ4v) is 5.38. The summed E-state index contributed by atoms with van der Waals surface area (Å²) in [6, 6.07) is -0.959. The topological polar surface area (TPSA) is 83.9 Å². The molecule has 8 heteroatoms. The predicted molar refractivity (Wildman–Crippen MR) is 74.7 cm³/mol. The van der Waals surface area contributed by atoms with Crippen LogP contribution in [0.3, 0.4) is 0 Å². The molecule has 2 atom stereocenters. The summed E-state index contributed by atoms with van der Waals surface area (Å²) in [6.07, 6.45) is 0.555. The highest BCUT2D eigenvalue weighted by atomic mass is 32.2. The molecule has 112 valence electrons. The molecule has 0 spiro atoms. The highest BCUT2D eigenvalue weighted by molar-refractivity contribution is 8.01. The summed E-state index contributed by atoms with van der Waals surface area (Å²) in [6.45, 7) is 5.60. The third-order valence-corrected chi connectivity index (χ3v) is 6.21. The maximum atomic E-state index is 12.3. The van der Waals surface area contributed by atoms with Gasteiger partial charge in [-0.2, -0.15) is 4.31 Å². The van der Waals surface area contributed by atoms with Gasteiger partial charge in [0.25, 0.3) is 0 Å². The standard InChI is InChI=1S/C11H21NO5S2/c1-4-10-12(9(7-18-10)11(13)14)19(15,16)6-5-17-8(2)3/h8-10H,4-7H2,1-3H3,(H,13,14). The van der Waals surface area contributed by atoms with E-state index in [1.807, 2.05) is 20.8 Å². The lowest BCUT2D eigenvalue weighted by Crippen LogP contribution is -2.46. The lowest BCUT2D eigenvalue weighted by molar-refractivity contribution is -0.140. The van der Waals surface area contributed by atoms with Gasteiger partial charge in [-0.15, -0.1) is 11.8 Å². The second-order valence-electron chi connectivity index (χ2n) is 4.62.